The minimum atomic E-state index is -0.478. The predicted molar refractivity (Wildman–Crippen MR) is 82.7 cm³/mol. The summed E-state index contributed by atoms with van der Waals surface area (Å²) < 4.78 is 1.64. The number of rotatable bonds is 3. The highest BCUT2D eigenvalue weighted by molar-refractivity contribution is 7.12. The maximum absolute atomic E-state index is 11.3. The minimum Gasteiger partial charge on any atom is -0.365 e. The van der Waals surface area contributed by atoms with Gasteiger partial charge >= 0.3 is 0 Å². The van der Waals surface area contributed by atoms with E-state index in [-0.39, 0.29) is 0 Å². The molecule has 2 heterocycles. The summed E-state index contributed by atoms with van der Waals surface area (Å²) in [5.74, 6) is -0.478. The number of primary amides is 1. The van der Waals surface area contributed by atoms with Gasteiger partial charge in [0.1, 0.15) is 0 Å². The van der Waals surface area contributed by atoms with Crippen molar-refractivity contribution in [1.29, 1.82) is 0 Å². The maximum Gasteiger partial charge on any atom is 0.252 e. The molecule has 0 fully saturated rings. The Morgan fingerprint density at radius 1 is 1.24 bits per heavy atom. The number of amides is 1. The second-order valence-electron chi connectivity index (χ2n) is 4.80. The van der Waals surface area contributed by atoms with Crippen LogP contribution in [-0.2, 0) is 0 Å². The van der Waals surface area contributed by atoms with Gasteiger partial charge in [-0.2, -0.15) is 5.10 Å². The Morgan fingerprint density at radius 3 is 2.57 bits per heavy atom. The fourth-order valence-corrected chi connectivity index (χ4v) is 2.90. The number of hydrogen-bond donors (Lipinski definition) is 1. The lowest BCUT2D eigenvalue weighted by atomic mass is 10.1. The van der Waals surface area contributed by atoms with Crippen molar-refractivity contribution in [2.45, 2.75) is 13.8 Å². The van der Waals surface area contributed by atoms with Crippen LogP contribution in [0.25, 0.3) is 16.4 Å². The van der Waals surface area contributed by atoms with E-state index in [1.54, 1.807) is 11.6 Å². The quantitative estimate of drug-likeness (QED) is 0.808. The second-order valence-corrected chi connectivity index (χ2v) is 5.64. The molecule has 0 unspecified atom stereocenters. The third kappa shape index (κ3) is 2.45. The molecule has 21 heavy (non-hydrogen) atoms. The van der Waals surface area contributed by atoms with Crippen molar-refractivity contribution >= 4 is 17.2 Å². The highest BCUT2D eigenvalue weighted by Gasteiger charge is 2.15. The van der Waals surface area contributed by atoms with Crippen LogP contribution in [0.1, 0.15) is 21.6 Å². The van der Waals surface area contributed by atoms with E-state index in [0.717, 1.165) is 16.4 Å². The molecular weight excluding hydrogens is 284 g/mol. The largest absolute Gasteiger partial charge is 0.365 e. The first-order valence-corrected chi connectivity index (χ1v) is 7.31. The average Bonchev–Trinajstić information content (AvgIpc) is 3.06. The van der Waals surface area contributed by atoms with Crippen LogP contribution in [-0.4, -0.2) is 20.7 Å². The van der Waals surface area contributed by atoms with Gasteiger partial charge in [-0.3, -0.25) is 4.79 Å². The molecule has 3 rings (SSSR count). The van der Waals surface area contributed by atoms with Gasteiger partial charge in [-0.25, -0.2) is 9.67 Å². The summed E-state index contributed by atoms with van der Waals surface area (Å²) in [5.41, 5.74) is 9.59. The molecule has 1 aromatic carbocycles. The number of hydrogen-bond acceptors (Lipinski definition) is 4. The van der Waals surface area contributed by atoms with Crippen molar-refractivity contribution in [3.05, 3.63) is 52.7 Å². The molecule has 0 aliphatic rings. The number of carbonyl (C=O) groups excluding carboxylic acids is 1. The van der Waals surface area contributed by atoms with Crippen LogP contribution in [0.4, 0.5) is 0 Å². The molecule has 0 spiro atoms. The van der Waals surface area contributed by atoms with E-state index >= 15 is 0 Å². The van der Waals surface area contributed by atoms with Gasteiger partial charge in [0.15, 0.2) is 0 Å². The number of nitrogens with two attached hydrogens (primary N) is 1. The highest BCUT2D eigenvalue weighted by atomic mass is 32.1. The van der Waals surface area contributed by atoms with Gasteiger partial charge in [-0.05, 0) is 13.8 Å². The second kappa shape index (κ2) is 5.14. The molecule has 6 heteroatoms. The average molecular weight is 298 g/mol. The number of thiazole rings is 1. The lowest BCUT2D eigenvalue weighted by Crippen LogP contribution is -2.12. The zero-order valence-corrected chi connectivity index (χ0v) is 12.5. The Hall–Kier alpha value is -2.47. The van der Waals surface area contributed by atoms with Gasteiger partial charge < -0.3 is 5.73 Å². The summed E-state index contributed by atoms with van der Waals surface area (Å²) in [6.07, 6.45) is 1.48. The molecule has 2 N–H and O–H groups in total. The van der Waals surface area contributed by atoms with Gasteiger partial charge in [0, 0.05) is 10.9 Å². The van der Waals surface area contributed by atoms with Crippen molar-refractivity contribution in [2.24, 2.45) is 5.73 Å². The Balaban J connectivity index is 1.99. The summed E-state index contributed by atoms with van der Waals surface area (Å²) >= 11 is 1.48. The fraction of sp³-hybridized carbons (Fsp3) is 0.133. The zero-order valence-electron chi connectivity index (χ0n) is 11.7. The molecule has 0 aliphatic heterocycles. The van der Waals surface area contributed by atoms with Gasteiger partial charge in [-0.15, -0.1) is 11.3 Å². The predicted octanol–water partition coefficient (Wildman–Crippen LogP) is 2.71. The number of aromatic nitrogens is 3. The topological polar surface area (TPSA) is 73.8 Å². The van der Waals surface area contributed by atoms with Gasteiger partial charge in [0.05, 0.1) is 23.1 Å². The van der Waals surface area contributed by atoms with Gasteiger partial charge in [0.25, 0.3) is 5.91 Å². The number of nitrogens with zero attached hydrogens (tertiary/aromatic N) is 3. The van der Waals surface area contributed by atoms with E-state index in [1.165, 1.54) is 23.1 Å². The highest BCUT2D eigenvalue weighted by Crippen LogP contribution is 2.25. The number of aryl methyl sites for hydroxylation is 1. The van der Waals surface area contributed by atoms with E-state index in [4.69, 9.17) is 5.73 Å². The summed E-state index contributed by atoms with van der Waals surface area (Å²) in [6.45, 7) is 3.86. The molecule has 0 radical (unpaired) electrons. The fourth-order valence-electron chi connectivity index (χ4n) is 2.06. The van der Waals surface area contributed by atoms with Crippen LogP contribution < -0.4 is 5.73 Å². The lowest BCUT2D eigenvalue weighted by molar-refractivity contribution is 0.0999. The van der Waals surface area contributed by atoms with E-state index in [9.17, 15) is 4.79 Å². The molecule has 0 saturated carbocycles. The third-order valence-corrected chi connectivity index (χ3v) is 4.11. The SMILES string of the molecule is Cc1ccc(-c2csc(-n3ncc(C(N)=O)c3C)n2)cc1. The molecule has 5 nitrogen and oxygen atoms in total. The van der Waals surface area contributed by atoms with Crippen molar-refractivity contribution < 1.29 is 4.79 Å². The van der Waals surface area contributed by atoms with Crippen LogP contribution in [0, 0.1) is 13.8 Å². The minimum absolute atomic E-state index is 0.419. The molecule has 2 aromatic heterocycles. The first-order chi connectivity index (χ1) is 10.1. The summed E-state index contributed by atoms with van der Waals surface area (Å²) in [6, 6.07) is 8.19. The number of benzene rings is 1. The van der Waals surface area contributed by atoms with Gasteiger partial charge in [0.2, 0.25) is 5.13 Å². The monoisotopic (exact) mass is 298 g/mol. The number of carbonyl (C=O) groups is 1. The summed E-state index contributed by atoms with van der Waals surface area (Å²) in [7, 11) is 0. The molecule has 3 aromatic rings. The molecule has 0 bridgehead atoms. The van der Waals surface area contributed by atoms with E-state index in [0.29, 0.717) is 11.3 Å². The van der Waals surface area contributed by atoms with Crippen molar-refractivity contribution in [3.63, 3.8) is 0 Å². The van der Waals surface area contributed by atoms with Crippen LogP contribution >= 0.6 is 11.3 Å². The molecule has 106 valence electrons. The zero-order chi connectivity index (χ0) is 15.0. The van der Waals surface area contributed by atoms with Crippen LogP contribution in [0.5, 0.6) is 0 Å². The van der Waals surface area contributed by atoms with E-state index in [2.05, 4.69) is 29.1 Å². The molecule has 0 aliphatic carbocycles. The smallest absolute Gasteiger partial charge is 0.252 e. The molecular formula is C15H14N4OS. The van der Waals surface area contributed by atoms with Crippen LogP contribution in [0.3, 0.4) is 0 Å². The third-order valence-electron chi connectivity index (χ3n) is 3.30. The van der Waals surface area contributed by atoms with Gasteiger partial charge in [-0.1, -0.05) is 29.8 Å². The van der Waals surface area contributed by atoms with Crippen LogP contribution in [0.15, 0.2) is 35.8 Å². The molecule has 0 saturated heterocycles. The normalized spacial score (nSPS) is 10.8. The Morgan fingerprint density at radius 2 is 1.95 bits per heavy atom. The summed E-state index contributed by atoms with van der Waals surface area (Å²) in [5, 5.41) is 6.89. The standard InChI is InChI=1S/C15H14N4OS/c1-9-3-5-11(6-4-9)13-8-21-15(18-13)19-10(2)12(7-17-19)14(16)20/h3-8H,1-2H3,(H2,16,20). The summed E-state index contributed by atoms with van der Waals surface area (Å²) in [4.78, 5) is 15.9. The van der Waals surface area contributed by atoms with E-state index in [1.807, 2.05) is 17.5 Å². The Bertz CT molecular complexity index is 801. The molecule has 1 amide bonds. The van der Waals surface area contributed by atoms with Crippen LogP contribution in [0.2, 0.25) is 0 Å². The lowest BCUT2D eigenvalue weighted by Gasteiger charge is -2.00. The first-order valence-electron chi connectivity index (χ1n) is 6.43. The molecule has 0 atom stereocenters. The van der Waals surface area contributed by atoms with Crippen molar-refractivity contribution in [2.75, 3.05) is 0 Å². The van der Waals surface area contributed by atoms with Crippen molar-refractivity contribution in [3.8, 4) is 16.4 Å². The maximum atomic E-state index is 11.3. The first kappa shape index (κ1) is 13.5. The van der Waals surface area contributed by atoms with E-state index < -0.39 is 5.91 Å². The Labute approximate surface area is 126 Å². The van der Waals surface area contributed by atoms with Crippen molar-refractivity contribution in [1.82, 2.24) is 14.8 Å². The Kier molecular flexibility index (Phi) is 3.31.